The van der Waals surface area contributed by atoms with Gasteiger partial charge in [0.1, 0.15) is 5.82 Å². The third-order valence-corrected chi connectivity index (χ3v) is 6.60. The highest BCUT2D eigenvalue weighted by molar-refractivity contribution is 7.88. The average molecular weight is 383 g/mol. The third kappa shape index (κ3) is 4.61. The molecule has 0 bridgehead atoms. The van der Waals surface area contributed by atoms with Crippen LogP contribution in [0, 0.1) is 11.7 Å². The molecular formula is C18H26FN3O3S. The molecule has 8 heteroatoms. The largest absolute Gasteiger partial charge is 0.351 e. The minimum absolute atomic E-state index is 0.0877. The smallest absolute Gasteiger partial charge is 0.224 e. The van der Waals surface area contributed by atoms with Gasteiger partial charge in [0, 0.05) is 31.6 Å². The van der Waals surface area contributed by atoms with Gasteiger partial charge in [-0.05, 0) is 43.5 Å². The Morgan fingerprint density at radius 3 is 2.69 bits per heavy atom. The number of piperidine rings is 2. The Bertz CT molecular complexity index is 739. The van der Waals surface area contributed by atoms with Crippen LogP contribution >= 0.6 is 0 Å². The maximum absolute atomic E-state index is 13.2. The quantitative estimate of drug-likeness (QED) is 0.815. The summed E-state index contributed by atoms with van der Waals surface area (Å²) in [6, 6.07) is 6.35. The lowest BCUT2D eigenvalue weighted by Gasteiger charge is -2.36. The first-order valence-electron chi connectivity index (χ1n) is 9.06. The predicted molar refractivity (Wildman–Crippen MR) is 97.7 cm³/mol. The summed E-state index contributed by atoms with van der Waals surface area (Å²) < 4.78 is 38.1. The van der Waals surface area contributed by atoms with Crippen molar-refractivity contribution in [3.63, 3.8) is 0 Å². The number of sulfonamides is 1. The van der Waals surface area contributed by atoms with E-state index < -0.39 is 10.0 Å². The van der Waals surface area contributed by atoms with Crippen molar-refractivity contribution in [3.8, 4) is 0 Å². The van der Waals surface area contributed by atoms with Crippen LogP contribution < -0.4 is 10.6 Å². The molecule has 1 amide bonds. The van der Waals surface area contributed by atoms with Crippen molar-refractivity contribution in [3.05, 3.63) is 35.6 Å². The number of carbonyl (C=O) groups excluding carboxylic acids is 1. The topological polar surface area (TPSA) is 78.5 Å². The van der Waals surface area contributed by atoms with Gasteiger partial charge in [0.05, 0.1) is 12.2 Å². The number of hydrogen-bond acceptors (Lipinski definition) is 4. The molecule has 2 heterocycles. The molecule has 3 atom stereocenters. The molecular weight excluding hydrogens is 357 g/mol. The second kappa shape index (κ2) is 8.02. The number of nitrogens with one attached hydrogen (secondary N) is 2. The van der Waals surface area contributed by atoms with Gasteiger partial charge >= 0.3 is 0 Å². The van der Waals surface area contributed by atoms with Crippen LogP contribution in [0.25, 0.3) is 0 Å². The first kappa shape index (κ1) is 19.3. The zero-order valence-electron chi connectivity index (χ0n) is 14.9. The van der Waals surface area contributed by atoms with Crippen LogP contribution in [0.2, 0.25) is 0 Å². The highest BCUT2D eigenvalue weighted by Crippen LogP contribution is 2.27. The summed E-state index contributed by atoms with van der Waals surface area (Å²) in [4.78, 5) is 12.7. The van der Waals surface area contributed by atoms with Crippen molar-refractivity contribution in [2.45, 2.75) is 31.2 Å². The minimum atomic E-state index is -3.28. The number of amides is 1. The van der Waals surface area contributed by atoms with E-state index in [4.69, 9.17) is 0 Å². The van der Waals surface area contributed by atoms with Gasteiger partial charge in [0.15, 0.2) is 0 Å². The van der Waals surface area contributed by atoms with Crippen LogP contribution in [0.4, 0.5) is 4.39 Å². The summed E-state index contributed by atoms with van der Waals surface area (Å²) in [5.41, 5.74) is 1.01. The van der Waals surface area contributed by atoms with E-state index >= 15 is 0 Å². The van der Waals surface area contributed by atoms with Crippen LogP contribution in [0.1, 0.15) is 30.7 Å². The van der Waals surface area contributed by atoms with E-state index in [0.29, 0.717) is 25.9 Å². The Kier molecular flexibility index (Phi) is 5.94. The molecule has 1 aromatic carbocycles. The Balaban J connectivity index is 1.67. The predicted octanol–water partition coefficient (Wildman–Crippen LogP) is 1.06. The summed E-state index contributed by atoms with van der Waals surface area (Å²) in [5.74, 6) is -0.574. The molecule has 0 aromatic heterocycles. The van der Waals surface area contributed by atoms with Crippen LogP contribution in [0.3, 0.4) is 0 Å². The number of rotatable bonds is 4. The van der Waals surface area contributed by atoms with Crippen LogP contribution in [0.5, 0.6) is 0 Å². The van der Waals surface area contributed by atoms with E-state index in [1.54, 1.807) is 12.1 Å². The first-order chi connectivity index (χ1) is 12.3. The van der Waals surface area contributed by atoms with Gasteiger partial charge in [-0.2, -0.15) is 0 Å². The second-order valence-corrected chi connectivity index (χ2v) is 9.21. The van der Waals surface area contributed by atoms with Crippen LogP contribution in [-0.2, 0) is 14.8 Å². The number of halogens is 1. The summed E-state index contributed by atoms with van der Waals surface area (Å²) in [5, 5.41) is 6.40. The molecule has 2 fully saturated rings. The fourth-order valence-electron chi connectivity index (χ4n) is 3.88. The van der Waals surface area contributed by atoms with Crippen molar-refractivity contribution in [1.29, 1.82) is 0 Å². The average Bonchev–Trinajstić information content (AvgIpc) is 2.62. The Morgan fingerprint density at radius 2 is 2.00 bits per heavy atom. The molecule has 6 nitrogen and oxygen atoms in total. The van der Waals surface area contributed by atoms with E-state index in [9.17, 15) is 17.6 Å². The highest BCUT2D eigenvalue weighted by Gasteiger charge is 2.33. The van der Waals surface area contributed by atoms with E-state index in [2.05, 4.69) is 10.6 Å². The van der Waals surface area contributed by atoms with Crippen molar-refractivity contribution < 1.29 is 17.6 Å². The number of benzene rings is 1. The molecule has 0 radical (unpaired) electrons. The minimum Gasteiger partial charge on any atom is -0.351 e. The lowest BCUT2D eigenvalue weighted by molar-refractivity contribution is -0.127. The van der Waals surface area contributed by atoms with Gasteiger partial charge in [-0.15, -0.1) is 0 Å². The SMILES string of the molecule is CS(=O)(=O)N1CCC[C@H](C(=O)N[C@@H]2CNCC[C@@H]2c2ccc(F)cc2)C1. The summed E-state index contributed by atoms with van der Waals surface area (Å²) >= 11 is 0. The zero-order valence-corrected chi connectivity index (χ0v) is 15.8. The van der Waals surface area contributed by atoms with Gasteiger partial charge < -0.3 is 10.6 Å². The molecule has 144 valence electrons. The molecule has 0 aliphatic carbocycles. The molecule has 0 unspecified atom stereocenters. The number of nitrogens with zero attached hydrogens (tertiary/aromatic N) is 1. The van der Waals surface area contributed by atoms with Gasteiger partial charge in [0.2, 0.25) is 15.9 Å². The van der Waals surface area contributed by atoms with E-state index in [0.717, 1.165) is 18.5 Å². The maximum Gasteiger partial charge on any atom is 0.224 e. The Morgan fingerprint density at radius 1 is 1.27 bits per heavy atom. The normalized spacial score (nSPS) is 27.8. The summed E-state index contributed by atoms with van der Waals surface area (Å²) in [6.07, 6.45) is 3.42. The Hall–Kier alpha value is -1.51. The fourth-order valence-corrected chi connectivity index (χ4v) is 4.79. The molecule has 2 N–H and O–H groups in total. The highest BCUT2D eigenvalue weighted by atomic mass is 32.2. The maximum atomic E-state index is 13.2. The zero-order chi connectivity index (χ0) is 18.7. The Labute approximate surface area is 154 Å². The van der Waals surface area contributed by atoms with E-state index in [-0.39, 0.29) is 36.1 Å². The van der Waals surface area contributed by atoms with Crippen LogP contribution in [0.15, 0.2) is 24.3 Å². The van der Waals surface area contributed by atoms with E-state index in [1.165, 1.54) is 22.7 Å². The molecule has 0 saturated carbocycles. The summed E-state index contributed by atoms with van der Waals surface area (Å²) in [7, 11) is -3.28. The molecule has 2 aliphatic rings. The molecule has 1 aromatic rings. The third-order valence-electron chi connectivity index (χ3n) is 5.33. The lowest BCUT2D eigenvalue weighted by atomic mass is 9.85. The van der Waals surface area contributed by atoms with E-state index in [1.807, 2.05) is 0 Å². The second-order valence-electron chi connectivity index (χ2n) is 7.23. The van der Waals surface area contributed by atoms with Gasteiger partial charge in [-0.3, -0.25) is 4.79 Å². The number of carbonyl (C=O) groups is 1. The van der Waals surface area contributed by atoms with Crippen molar-refractivity contribution in [2.24, 2.45) is 5.92 Å². The molecule has 26 heavy (non-hydrogen) atoms. The molecule has 2 aliphatic heterocycles. The fraction of sp³-hybridized carbons (Fsp3) is 0.611. The molecule has 2 saturated heterocycles. The summed E-state index contributed by atoms with van der Waals surface area (Å²) in [6.45, 7) is 2.22. The number of hydrogen-bond donors (Lipinski definition) is 2. The van der Waals surface area contributed by atoms with Crippen molar-refractivity contribution in [2.75, 3.05) is 32.4 Å². The van der Waals surface area contributed by atoms with Gasteiger partial charge in [-0.1, -0.05) is 12.1 Å². The van der Waals surface area contributed by atoms with Gasteiger partial charge in [0.25, 0.3) is 0 Å². The van der Waals surface area contributed by atoms with Gasteiger partial charge in [-0.25, -0.2) is 17.1 Å². The van der Waals surface area contributed by atoms with Crippen molar-refractivity contribution >= 4 is 15.9 Å². The van der Waals surface area contributed by atoms with Crippen LogP contribution in [-0.4, -0.2) is 57.1 Å². The monoisotopic (exact) mass is 383 g/mol. The molecule has 0 spiro atoms. The first-order valence-corrected chi connectivity index (χ1v) is 10.9. The standard InChI is InChI=1S/C18H26FN3O3S/c1-26(24,25)22-10-2-3-14(12-22)18(23)21-17-11-20-9-8-16(17)13-4-6-15(19)7-5-13/h4-7,14,16-17,20H,2-3,8-12H2,1H3,(H,21,23)/t14-,16+,17+/m0/s1. The van der Waals surface area contributed by atoms with Crippen molar-refractivity contribution in [1.82, 2.24) is 14.9 Å². The lowest BCUT2D eigenvalue weighted by Crippen LogP contribution is -2.53. The molecule has 3 rings (SSSR count).